The molecule has 1 heterocycles. The molecule has 5 nitrogen and oxygen atoms in total. The molecule has 0 aliphatic heterocycles. The molecule has 0 saturated heterocycles. The van der Waals surface area contributed by atoms with Crippen molar-refractivity contribution in [2.24, 2.45) is 0 Å². The first-order valence-electron chi connectivity index (χ1n) is 5.86. The average Bonchev–Trinajstić information content (AvgIpc) is 2.38. The van der Waals surface area contributed by atoms with E-state index in [0.717, 1.165) is 16.8 Å². The van der Waals surface area contributed by atoms with Gasteiger partial charge >= 0.3 is 5.97 Å². The molecule has 1 aromatic heterocycles. The lowest BCUT2D eigenvalue weighted by atomic mass is 10.1. The zero-order chi connectivity index (χ0) is 14.0. The van der Waals surface area contributed by atoms with Crippen molar-refractivity contribution in [3.63, 3.8) is 0 Å². The normalized spacial score (nSPS) is 10.3. The molecule has 1 N–H and O–H groups in total. The highest BCUT2D eigenvalue weighted by atomic mass is 16.4. The summed E-state index contributed by atoms with van der Waals surface area (Å²) in [5.41, 5.74) is 3.27. The van der Waals surface area contributed by atoms with Crippen LogP contribution in [0.4, 0.5) is 11.5 Å². The van der Waals surface area contributed by atoms with Crippen molar-refractivity contribution in [1.29, 1.82) is 0 Å². The van der Waals surface area contributed by atoms with Crippen LogP contribution in [-0.2, 0) is 0 Å². The van der Waals surface area contributed by atoms with Gasteiger partial charge in [-0.25, -0.2) is 4.79 Å². The molecule has 98 valence electrons. The van der Waals surface area contributed by atoms with E-state index in [1.165, 1.54) is 12.3 Å². The molecule has 19 heavy (non-hydrogen) atoms. The topological polar surface area (TPSA) is 66.3 Å². The van der Waals surface area contributed by atoms with E-state index in [1.807, 2.05) is 32.0 Å². The summed E-state index contributed by atoms with van der Waals surface area (Å²) in [4.78, 5) is 12.9. The molecule has 0 amide bonds. The zero-order valence-corrected chi connectivity index (χ0v) is 11.1. The van der Waals surface area contributed by atoms with E-state index in [0.29, 0.717) is 5.82 Å². The van der Waals surface area contributed by atoms with Gasteiger partial charge in [0.05, 0.1) is 6.20 Å². The Hall–Kier alpha value is -2.43. The van der Waals surface area contributed by atoms with E-state index in [9.17, 15) is 9.90 Å². The third-order valence-electron chi connectivity index (χ3n) is 2.96. The number of hydrogen-bond acceptors (Lipinski definition) is 4. The van der Waals surface area contributed by atoms with Crippen LogP contribution in [0.3, 0.4) is 0 Å². The average molecular weight is 257 g/mol. The van der Waals surface area contributed by atoms with Gasteiger partial charge in [-0.15, -0.1) is 5.10 Å². The Balaban J connectivity index is 2.50. The van der Waals surface area contributed by atoms with E-state index in [-0.39, 0.29) is 5.56 Å². The number of rotatable bonds is 3. The summed E-state index contributed by atoms with van der Waals surface area (Å²) in [6.07, 6.45) is 1.38. The van der Waals surface area contributed by atoms with Gasteiger partial charge in [0.25, 0.3) is 0 Å². The SMILES string of the molecule is Cc1ccc(N(C)c2nnccc2C(=O)O)c(C)c1. The number of aromatic nitrogens is 2. The van der Waals surface area contributed by atoms with Gasteiger partial charge in [-0.3, -0.25) is 0 Å². The minimum absolute atomic E-state index is 0.137. The Morgan fingerprint density at radius 1 is 1.26 bits per heavy atom. The number of aryl methyl sites for hydroxylation is 2. The number of benzene rings is 1. The summed E-state index contributed by atoms with van der Waals surface area (Å²) in [6, 6.07) is 7.42. The second-order valence-electron chi connectivity index (χ2n) is 4.42. The van der Waals surface area contributed by atoms with Gasteiger partial charge < -0.3 is 10.0 Å². The fourth-order valence-electron chi connectivity index (χ4n) is 2.03. The maximum Gasteiger partial charge on any atom is 0.339 e. The molecular formula is C14H15N3O2. The highest BCUT2D eigenvalue weighted by molar-refractivity contribution is 5.94. The maximum atomic E-state index is 11.2. The molecule has 0 radical (unpaired) electrons. The molecule has 0 atom stereocenters. The van der Waals surface area contributed by atoms with Crippen molar-refractivity contribution in [2.45, 2.75) is 13.8 Å². The highest BCUT2D eigenvalue weighted by Gasteiger charge is 2.17. The highest BCUT2D eigenvalue weighted by Crippen LogP contribution is 2.27. The lowest BCUT2D eigenvalue weighted by molar-refractivity contribution is 0.0697. The van der Waals surface area contributed by atoms with E-state index in [2.05, 4.69) is 10.2 Å². The fourth-order valence-corrected chi connectivity index (χ4v) is 2.03. The Labute approximate surface area is 111 Å². The molecule has 0 saturated carbocycles. The van der Waals surface area contributed by atoms with E-state index < -0.39 is 5.97 Å². The van der Waals surface area contributed by atoms with Crippen LogP contribution < -0.4 is 4.90 Å². The van der Waals surface area contributed by atoms with Gasteiger partial charge in [0, 0.05) is 12.7 Å². The van der Waals surface area contributed by atoms with Gasteiger partial charge in [-0.05, 0) is 31.5 Å². The first-order chi connectivity index (χ1) is 9.00. The number of hydrogen-bond donors (Lipinski definition) is 1. The van der Waals surface area contributed by atoms with Crippen LogP contribution in [0.25, 0.3) is 0 Å². The Bertz CT molecular complexity index is 626. The molecular weight excluding hydrogens is 242 g/mol. The lowest BCUT2D eigenvalue weighted by Gasteiger charge is -2.21. The van der Waals surface area contributed by atoms with Crippen LogP contribution in [0.15, 0.2) is 30.5 Å². The van der Waals surface area contributed by atoms with E-state index >= 15 is 0 Å². The molecule has 0 spiro atoms. The summed E-state index contributed by atoms with van der Waals surface area (Å²) in [7, 11) is 1.79. The first kappa shape index (κ1) is 13.0. The van der Waals surface area contributed by atoms with Crippen LogP contribution in [0.1, 0.15) is 21.5 Å². The standard InChI is InChI=1S/C14H15N3O2/c1-9-4-5-12(10(2)8-9)17(3)13-11(14(18)19)6-7-15-16-13/h4-8H,1-3H3,(H,18,19). The second-order valence-corrected chi connectivity index (χ2v) is 4.42. The number of nitrogens with zero attached hydrogens (tertiary/aromatic N) is 3. The lowest BCUT2D eigenvalue weighted by Crippen LogP contribution is -2.17. The van der Waals surface area contributed by atoms with Crippen molar-refractivity contribution in [3.8, 4) is 0 Å². The van der Waals surface area contributed by atoms with Crippen LogP contribution in [0.5, 0.6) is 0 Å². The summed E-state index contributed by atoms with van der Waals surface area (Å²) >= 11 is 0. The summed E-state index contributed by atoms with van der Waals surface area (Å²) in [5, 5.41) is 16.9. The van der Waals surface area contributed by atoms with Crippen LogP contribution in [-0.4, -0.2) is 28.3 Å². The number of carboxylic acid groups (broad SMARTS) is 1. The minimum Gasteiger partial charge on any atom is -0.478 e. The predicted octanol–water partition coefficient (Wildman–Crippen LogP) is 2.56. The Morgan fingerprint density at radius 2 is 2.00 bits per heavy atom. The number of carboxylic acids is 1. The van der Waals surface area contributed by atoms with E-state index in [1.54, 1.807) is 11.9 Å². The zero-order valence-electron chi connectivity index (χ0n) is 11.1. The molecule has 0 aliphatic carbocycles. The van der Waals surface area contributed by atoms with Crippen molar-refractivity contribution >= 4 is 17.5 Å². The van der Waals surface area contributed by atoms with Crippen molar-refractivity contribution in [1.82, 2.24) is 10.2 Å². The number of carbonyl (C=O) groups is 1. The van der Waals surface area contributed by atoms with Gasteiger partial charge in [0.1, 0.15) is 5.56 Å². The minimum atomic E-state index is -1.01. The molecule has 0 fully saturated rings. The summed E-state index contributed by atoms with van der Waals surface area (Å²) in [5.74, 6) is -0.677. The molecule has 1 aromatic carbocycles. The molecule has 0 bridgehead atoms. The van der Waals surface area contributed by atoms with Gasteiger partial charge in [0.2, 0.25) is 0 Å². The summed E-state index contributed by atoms with van der Waals surface area (Å²) < 4.78 is 0. The van der Waals surface area contributed by atoms with Gasteiger partial charge in [0.15, 0.2) is 5.82 Å². The molecule has 0 aliphatic rings. The third-order valence-corrected chi connectivity index (χ3v) is 2.96. The monoisotopic (exact) mass is 257 g/mol. The Kier molecular flexibility index (Phi) is 3.46. The van der Waals surface area contributed by atoms with Gasteiger partial charge in [-0.1, -0.05) is 17.7 Å². The molecule has 0 unspecified atom stereocenters. The first-order valence-corrected chi connectivity index (χ1v) is 5.86. The number of anilines is 2. The third kappa shape index (κ3) is 2.54. The largest absolute Gasteiger partial charge is 0.478 e. The van der Waals surface area contributed by atoms with Crippen LogP contribution >= 0.6 is 0 Å². The molecule has 2 rings (SSSR count). The predicted molar refractivity (Wildman–Crippen MR) is 73.0 cm³/mol. The molecule has 5 heteroatoms. The number of aromatic carboxylic acids is 1. The van der Waals surface area contributed by atoms with Crippen LogP contribution in [0.2, 0.25) is 0 Å². The van der Waals surface area contributed by atoms with Crippen molar-refractivity contribution < 1.29 is 9.90 Å². The van der Waals surface area contributed by atoms with Crippen molar-refractivity contribution in [2.75, 3.05) is 11.9 Å². The van der Waals surface area contributed by atoms with E-state index in [4.69, 9.17) is 0 Å². The van der Waals surface area contributed by atoms with Crippen molar-refractivity contribution in [3.05, 3.63) is 47.2 Å². The quantitative estimate of drug-likeness (QED) is 0.915. The maximum absolute atomic E-state index is 11.2. The van der Waals surface area contributed by atoms with Gasteiger partial charge in [-0.2, -0.15) is 5.10 Å². The smallest absolute Gasteiger partial charge is 0.339 e. The Morgan fingerprint density at radius 3 is 2.63 bits per heavy atom. The fraction of sp³-hybridized carbons (Fsp3) is 0.214. The second kappa shape index (κ2) is 5.06. The molecule has 2 aromatic rings. The van der Waals surface area contributed by atoms with Crippen LogP contribution in [0, 0.1) is 13.8 Å². The summed E-state index contributed by atoms with van der Waals surface area (Å²) in [6.45, 7) is 4.00.